The lowest BCUT2D eigenvalue weighted by molar-refractivity contribution is -0.161. The lowest BCUT2D eigenvalue weighted by Crippen LogP contribution is -2.30. The number of esters is 4. The second-order valence-corrected chi connectivity index (χ2v) is 31.7. The number of hydrogen-bond acceptors (Lipinski definition) is 15. The molecule has 0 aromatic carbocycles. The van der Waals surface area contributed by atoms with Gasteiger partial charge >= 0.3 is 39.5 Å². The van der Waals surface area contributed by atoms with E-state index in [4.69, 9.17) is 37.0 Å². The van der Waals surface area contributed by atoms with Gasteiger partial charge in [-0.05, 0) is 25.7 Å². The molecule has 588 valence electrons. The van der Waals surface area contributed by atoms with E-state index in [9.17, 15) is 43.2 Å². The predicted octanol–water partition coefficient (Wildman–Crippen LogP) is 24.2. The number of phosphoric ester groups is 2. The van der Waals surface area contributed by atoms with Gasteiger partial charge in [-0.3, -0.25) is 37.3 Å². The molecule has 2 unspecified atom stereocenters. The first-order valence-electron chi connectivity index (χ1n) is 41.8. The highest BCUT2D eigenvalue weighted by atomic mass is 31.2. The molecule has 0 aromatic heterocycles. The Morgan fingerprint density at radius 3 is 0.596 bits per heavy atom. The highest BCUT2D eigenvalue weighted by molar-refractivity contribution is 7.47. The van der Waals surface area contributed by atoms with Gasteiger partial charge in [-0.15, -0.1) is 0 Å². The molecule has 0 bridgehead atoms. The van der Waals surface area contributed by atoms with Crippen LogP contribution in [0.25, 0.3) is 0 Å². The number of rotatable bonds is 81. The molecule has 19 heteroatoms. The SMILES string of the molecule is CCCCCCCCCCCCCCCCCCCCCCCC(=O)O[C@H](COC(=O)CCCCCCCCCCCCCCCCCCCCCC)COP(=O)(O)OC[C@@H](O)COP(=O)(O)OC[C@@H](COC(=O)CCCCCCC)OC(=O)CCCCCCCCCCCCCCC. The molecule has 0 aliphatic heterocycles. The fourth-order valence-electron chi connectivity index (χ4n) is 12.5. The Hall–Kier alpha value is -1.94. The average Bonchev–Trinajstić information content (AvgIpc) is 0.971. The molecule has 0 saturated carbocycles. The molecular formula is C80H156O17P2. The Balaban J connectivity index is 5.10. The summed E-state index contributed by atoms with van der Waals surface area (Å²) < 4.78 is 68.4. The Labute approximate surface area is 607 Å². The van der Waals surface area contributed by atoms with Gasteiger partial charge in [-0.25, -0.2) is 9.13 Å². The third-order valence-electron chi connectivity index (χ3n) is 18.9. The maximum atomic E-state index is 13.1. The van der Waals surface area contributed by atoms with Crippen LogP contribution in [0.15, 0.2) is 0 Å². The number of hydrogen-bond donors (Lipinski definition) is 3. The maximum absolute atomic E-state index is 13.1. The van der Waals surface area contributed by atoms with E-state index in [2.05, 4.69) is 27.7 Å². The quantitative estimate of drug-likeness (QED) is 0.0222. The van der Waals surface area contributed by atoms with Crippen molar-refractivity contribution in [3.8, 4) is 0 Å². The highest BCUT2D eigenvalue weighted by Gasteiger charge is 2.30. The standard InChI is InChI=1S/C80H156O17P2/c1-5-9-13-17-20-23-26-29-31-33-35-37-39-41-43-46-49-52-55-59-63-67-80(85)97-76(71-91-78(83)65-61-57-53-50-47-45-42-40-38-36-34-32-30-27-24-21-18-14-10-6-2)73-95-99(88,89)93-69-74(81)68-92-98(86,87)94-72-75(70-90-77(82)64-60-56-16-12-8-4)96-79(84)66-62-58-54-51-48-44-28-25-22-19-15-11-7-3/h74-76,81H,5-73H2,1-4H3,(H,86,87)(H,88,89)/t74-,75+,76+/m0/s1. The number of aliphatic hydroxyl groups is 1. The second kappa shape index (κ2) is 74.3. The number of unbranched alkanes of at least 4 members (excludes halogenated alkanes) is 55. The molecule has 0 aliphatic rings. The minimum atomic E-state index is -4.96. The molecule has 99 heavy (non-hydrogen) atoms. The smallest absolute Gasteiger partial charge is 0.462 e. The largest absolute Gasteiger partial charge is 0.472 e. The molecule has 0 saturated heterocycles. The summed E-state index contributed by atoms with van der Waals surface area (Å²) >= 11 is 0. The van der Waals surface area contributed by atoms with Crippen molar-refractivity contribution in [1.29, 1.82) is 0 Å². The Morgan fingerprint density at radius 2 is 0.404 bits per heavy atom. The highest BCUT2D eigenvalue weighted by Crippen LogP contribution is 2.45. The van der Waals surface area contributed by atoms with E-state index in [0.29, 0.717) is 25.7 Å². The van der Waals surface area contributed by atoms with E-state index in [-0.39, 0.29) is 25.7 Å². The molecule has 5 atom stereocenters. The molecule has 3 N–H and O–H groups in total. The van der Waals surface area contributed by atoms with E-state index in [0.717, 1.165) is 96.3 Å². The van der Waals surface area contributed by atoms with Crippen molar-refractivity contribution in [2.75, 3.05) is 39.6 Å². The summed E-state index contributed by atoms with van der Waals surface area (Å²) in [5, 5.41) is 10.6. The summed E-state index contributed by atoms with van der Waals surface area (Å²) in [4.78, 5) is 72.6. The number of phosphoric acid groups is 2. The van der Waals surface area contributed by atoms with Gasteiger partial charge < -0.3 is 33.8 Å². The van der Waals surface area contributed by atoms with Gasteiger partial charge in [0, 0.05) is 25.7 Å². The summed E-state index contributed by atoms with van der Waals surface area (Å²) in [5.74, 6) is -2.12. The molecule has 0 aromatic rings. The van der Waals surface area contributed by atoms with Crippen LogP contribution >= 0.6 is 15.6 Å². The van der Waals surface area contributed by atoms with Crippen LogP contribution in [0.4, 0.5) is 0 Å². The van der Waals surface area contributed by atoms with Gasteiger partial charge in [0.25, 0.3) is 0 Å². The summed E-state index contributed by atoms with van der Waals surface area (Å²) in [6.45, 7) is 4.92. The van der Waals surface area contributed by atoms with Crippen LogP contribution in [-0.2, 0) is 65.4 Å². The molecule has 0 amide bonds. The number of ether oxygens (including phenoxy) is 4. The predicted molar refractivity (Wildman–Crippen MR) is 405 cm³/mol. The Bertz CT molecular complexity index is 1880. The molecule has 0 fully saturated rings. The van der Waals surface area contributed by atoms with Crippen molar-refractivity contribution in [3.63, 3.8) is 0 Å². The zero-order valence-electron chi connectivity index (χ0n) is 64.5. The van der Waals surface area contributed by atoms with E-state index >= 15 is 0 Å². The topological polar surface area (TPSA) is 237 Å². The van der Waals surface area contributed by atoms with Crippen molar-refractivity contribution in [2.45, 2.75) is 451 Å². The Kier molecular flexibility index (Phi) is 72.9. The van der Waals surface area contributed by atoms with Gasteiger partial charge in [-0.1, -0.05) is 381 Å². The van der Waals surface area contributed by atoms with Crippen LogP contribution in [0, 0.1) is 0 Å². The molecule has 0 heterocycles. The van der Waals surface area contributed by atoms with Gasteiger partial charge in [0.1, 0.15) is 19.3 Å². The first kappa shape index (κ1) is 97.1. The second-order valence-electron chi connectivity index (χ2n) is 28.8. The van der Waals surface area contributed by atoms with E-state index in [1.807, 2.05) is 0 Å². The van der Waals surface area contributed by atoms with Crippen molar-refractivity contribution < 1.29 is 80.2 Å². The molecule has 0 spiro atoms. The van der Waals surface area contributed by atoms with Crippen molar-refractivity contribution >= 4 is 39.5 Å². The van der Waals surface area contributed by atoms with Crippen LogP contribution in [0.3, 0.4) is 0 Å². The van der Waals surface area contributed by atoms with Crippen LogP contribution < -0.4 is 0 Å². The van der Waals surface area contributed by atoms with Gasteiger partial charge in [0.05, 0.1) is 26.4 Å². The third-order valence-corrected chi connectivity index (χ3v) is 20.8. The first-order valence-corrected chi connectivity index (χ1v) is 44.8. The number of carbonyl (C=O) groups excluding carboxylic acids is 4. The molecule has 0 radical (unpaired) electrons. The van der Waals surface area contributed by atoms with Gasteiger partial charge in [0.15, 0.2) is 12.2 Å². The Morgan fingerprint density at radius 1 is 0.242 bits per heavy atom. The van der Waals surface area contributed by atoms with E-state index in [1.54, 1.807) is 0 Å². The van der Waals surface area contributed by atoms with E-state index in [1.165, 1.54) is 257 Å². The first-order chi connectivity index (χ1) is 48.2. The molecule has 0 rings (SSSR count). The fourth-order valence-corrected chi connectivity index (χ4v) is 14.0. The lowest BCUT2D eigenvalue weighted by Gasteiger charge is -2.21. The summed E-state index contributed by atoms with van der Waals surface area (Å²) in [7, 11) is -9.90. The van der Waals surface area contributed by atoms with E-state index < -0.39 is 97.5 Å². The number of carbonyl (C=O) groups is 4. The zero-order valence-corrected chi connectivity index (χ0v) is 66.3. The molecular weight excluding hydrogens is 1290 g/mol. The van der Waals surface area contributed by atoms with Crippen molar-refractivity contribution in [1.82, 2.24) is 0 Å². The summed E-state index contributed by atoms with van der Waals surface area (Å²) in [6.07, 6.45) is 67.2. The van der Waals surface area contributed by atoms with Crippen molar-refractivity contribution in [3.05, 3.63) is 0 Å². The fraction of sp³-hybridized carbons (Fsp3) is 0.950. The van der Waals surface area contributed by atoms with Crippen LogP contribution in [-0.4, -0.2) is 96.7 Å². The van der Waals surface area contributed by atoms with Crippen LogP contribution in [0.5, 0.6) is 0 Å². The lowest BCUT2D eigenvalue weighted by atomic mass is 10.0. The average molecular weight is 1450 g/mol. The third kappa shape index (κ3) is 74.1. The monoisotopic (exact) mass is 1450 g/mol. The number of aliphatic hydroxyl groups excluding tert-OH is 1. The summed E-state index contributed by atoms with van der Waals surface area (Å²) in [5.41, 5.74) is 0. The van der Waals surface area contributed by atoms with Gasteiger partial charge in [-0.2, -0.15) is 0 Å². The van der Waals surface area contributed by atoms with Crippen LogP contribution in [0.1, 0.15) is 432 Å². The normalized spacial score (nSPS) is 13.8. The van der Waals surface area contributed by atoms with Gasteiger partial charge in [0.2, 0.25) is 0 Å². The summed E-state index contributed by atoms with van der Waals surface area (Å²) in [6, 6.07) is 0. The maximum Gasteiger partial charge on any atom is 0.472 e. The van der Waals surface area contributed by atoms with Crippen molar-refractivity contribution in [2.24, 2.45) is 0 Å². The minimum absolute atomic E-state index is 0.107. The molecule has 0 aliphatic carbocycles. The minimum Gasteiger partial charge on any atom is -0.462 e. The van der Waals surface area contributed by atoms with Crippen LogP contribution in [0.2, 0.25) is 0 Å². The molecule has 17 nitrogen and oxygen atoms in total. The zero-order chi connectivity index (χ0) is 72.5.